The van der Waals surface area contributed by atoms with E-state index in [9.17, 15) is 14.4 Å². The van der Waals surface area contributed by atoms with Crippen LogP contribution in [0.1, 0.15) is 143 Å². The molecule has 1 saturated heterocycles. The summed E-state index contributed by atoms with van der Waals surface area (Å²) < 4.78 is 26.7. The van der Waals surface area contributed by atoms with Crippen LogP contribution in [-0.2, 0) is 33.3 Å². The number of carbonyl (C=O) groups excluding carboxylic acids is 3. The van der Waals surface area contributed by atoms with Crippen molar-refractivity contribution in [2.45, 2.75) is 149 Å². The molecule has 13 rings (SSSR count). The molecule has 0 amide bonds. The van der Waals surface area contributed by atoms with Gasteiger partial charge in [-0.15, -0.1) is 0 Å². The van der Waals surface area contributed by atoms with Gasteiger partial charge in [0.1, 0.15) is 12.4 Å². The summed E-state index contributed by atoms with van der Waals surface area (Å²) >= 11 is 0. The summed E-state index contributed by atoms with van der Waals surface area (Å²) in [4.78, 5) is 41.2. The Balaban J connectivity index is 0.856. The molecular formula is C44H64O7. The molecule has 7 heteroatoms. The molecule has 282 valence electrons. The molecule has 1 heterocycles. The maximum Gasteiger partial charge on any atom is 0.312 e. The van der Waals surface area contributed by atoms with Crippen LogP contribution in [0, 0.1) is 80.3 Å². The van der Waals surface area contributed by atoms with Crippen LogP contribution >= 0.6 is 0 Å². The summed E-state index contributed by atoms with van der Waals surface area (Å²) in [6.07, 6.45) is 20.7. The summed E-state index contributed by atoms with van der Waals surface area (Å²) in [7, 11) is 0. The van der Waals surface area contributed by atoms with Crippen LogP contribution in [0.4, 0.5) is 0 Å². The van der Waals surface area contributed by atoms with Gasteiger partial charge in [-0.05, 0) is 178 Å². The molecule has 51 heavy (non-hydrogen) atoms. The highest BCUT2D eigenvalue weighted by Gasteiger charge is 2.66. The minimum atomic E-state index is -0.619. The van der Waals surface area contributed by atoms with Crippen molar-refractivity contribution in [1.82, 2.24) is 0 Å². The summed E-state index contributed by atoms with van der Waals surface area (Å²) in [5, 5.41) is 0. The van der Waals surface area contributed by atoms with Crippen molar-refractivity contribution < 1.29 is 33.3 Å². The van der Waals surface area contributed by atoms with E-state index in [1.165, 1.54) is 38.5 Å². The van der Waals surface area contributed by atoms with Gasteiger partial charge in [0.25, 0.3) is 0 Å². The zero-order valence-electron chi connectivity index (χ0n) is 31.8. The molecule has 2 unspecified atom stereocenters. The van der Waals surface area contributed by atoms with Gasteiger partial charge in [0.05, 0.1) is 36.1 Å². The summed E-state index contributed by atoms with van der Waals surface area (Å²) in [5.41, 5.74) is -1.40. The van der Waals surface area contributed by atoms with Gasteiger partial charge in [0.2, 0.25) is 0 Å². The lowest BCUT2D eigenvalue weighted by Crippen LogP contribution is -2.67. The fraction of sp³-hybridized carbons (Fsp3) is 0.932. The number of esters is 2. The number of ketones is 1. The second kappa shape index (κ2) is 11.5. The molecule has 0 radical (unpaired) electrons. The number of Topliss-reactive ketones (excluding diaryl/α,β-unsaturated/α-hetero) is 1. The van der Waals surface area contributed by atoms with E-state index in [0.717, 1.165) is 88.4 Å². The third-order valence-electron chi connectivity index (χ3n) is 17.3. The van der Waals surface area contributed by atoms with Crippen LogP contribution in [0.5, 0.6) is 0 Å². The number of hydrogen-bond donors (Lipinski definition) is 0. The fourth-order valence-corrected chi connectivity index (χ4v) is 15.9. The number of rotatable bonds is 9. The summed E-state index contributed by atoms with van der Waals surface area (Å²) in [5.74, 6) is 5.23. The van der Waals surface area contributed by atoms with Crippen molar-refractivity contribution >= 4 is 17.7 Å². The Bertz CT molecular complexity index is 1290. The lowest BCUT2D eigenvalue weighted by atomic mass is 9.47. The molecule has 0 N–H and O–H groups in total. The van der Waals surface area contributed by atoms with Gasteiger partial charge in [-0.3, -0.25) is 14.4 Å². The molecule has 1 spiro atoms. The van der Waals surface area contributed by atoms with E-state index in [4.69, 9.17) is 18.9 Å². The average molecular weight is 705 g/mol. The van der Waals surface area contributed by atoms with E-state index in [-0.39, 0.29) is 40.0 Å². The first-order valence-corrected chi connectivity index (χ1v) is 21.4. The fourth-order valence-electron chi connectivity index (χ4n) is 15.9. The highest BCUT2D eigenvalue weighted by atomic mass is 16.7. The number of ether oxygens (including phenoxy) is 4. The van der Waals surface area contributed by atoms with Crippen molar-refractivity contribution in [1.29, 1.82) is 0 Å². The molecule has 0 aromatic heterocycles. The molecular weight excluding hydrogens is 640 g/mol. The van der Waals surface area contributed by atoms with Crippen LogP contribution in [0.25, 0.3) is 0 Å². The third-order valence-corrected chi connectivity index (χ3v) is 17.3. The van der Waals surface area contributed by atoms with Crippen LogP contribution < -0.4 is 0 Å². The van der Waals surface area contributed by atoms with Crippen molar-refractivity contribution in [2.24, 2.45) is 80.3 Å². The lowest BCUT2D eigenvalue weighted by molar-refractivity contribution is -0.392. The standard InChI is InChI=1S/C44H64O7/c1-39(2,3)37(46)48-24-41-14-33-12-34(21-41)44(35(13-33)22-41)50-25-40(26-51-44,5-4-36(45)42-15-27-6-28(16-42)8-29(7-27)17-42)23-49-38(47)43-18-30-9-31(19-43)11-32(10-30)20-43/h27-35H,4-26H2,1-3H3. The maximum absolute atomic E-state index is 14.3. The first kappa shape index (κ1) is 34.1. The molecule has 0 aromatic rings. The van der Waals surface area contributed by atoms with Crippen molar-refractivity contribution in [3.05, 3.63) is 0 Å². The Morgan fingerprint density at radius 2 is 1.06 bits per heavy atom. The van der Waals surface area contributed by atoms with Gasteiger partial charge in [-0.1, -0.05) is 0 Å². The molecule has 12 bridgehead atoms. The van der Waals surface area contributed by atoms with Crippen molar-refractivity contribution in [2.75, 3.05) is 26.4 Å². The molecule has 1 aliphatic heterocycles. The van der Waals surface area contributed by atoms with E-state index in [2.05, 4.69) is 0 Å². The normalized spacial score (nSPS) is 51.3. The number of hydrogen-bond acceptors (Lipinski definition) is 7. The highest BCUT2D eigenvalue weighted by Crippen LogP contribution is 2.67. The van der Waals surface area contributed by atoms with Crippen LogP contribution in [0.15, 0.2) is 0 Å². The Kier molecular flexibility index (Phi) is 7.70. The predicted octanol–water partition coefficient (Wildman–Crippen LogP) is 8.46. The lowest BCUT2D eigenvalue weighted by Gasteiger charge is -2.65. The van der Waals surface area contributed by atoms with Gasteiger partial charge >= 0.3 is 11.9 Å². The van der Waals surface area contributed by atoms with Crippen LogP contribution in [0.3, 0.4) is 0 Å². The molecule has 7 nitrogen and oxygen atoms in total. The Hall–Kier alpha value is -1.47. The molecule has 13 fully saturated rings. The molecule has 0 aromatic carbocycles. The Morgan fingerprint density at radius 1 is 0.588 bits per heavy atom. The Morgan fingerprint density at radius 3 is 1.55 bits per heavy atom. The van der Waals surface area contributed by atoms with Gasteiger partial charge in [-0.25, -0.2) is 0 Å². The van der Waals surface area contributed by atoms with E-state index in [1.807, 2.05) is 20.8 Å². The number of carbonyl (C=O) groups is 3. The molecule has 12 saturated carbocycles. The molecule has 13 aliphatic rings. The summed E-state index contributed by atoms with van der Waals surface area (Å²) in [6, 6.07) is 0. The minimum absolute atomic E-state index is 0.0155. The highest BCUT2D eigenvalue weighted by molar-refractivity contribution is 5.85. The van der Waals surface area contributed by atoms with Crippen molar-refractivity contribution in [3.63, 3.8) is 0 Å². The zero-order valence-corrected chi connectivity index (χ0v) is 31.8. The second-order valence-electron chi connectivity index (χ2n) is 22.4. The summed E-state index contributed by atoms with van der Waals surface area (Å²) in [6.45, 7) is 7.55. The predicted molar refractivity (Wildman–Crippen MR) is 190 cm³/mol. The quantitative estimate of drug-likeness (QED) is 0.223. The minimum Gasteiger partial charge on any atom is -0.465 e. The topological polar surface area (TPSA) is 88.1 Å². The largest absolute Gasteiger partial charge is 0.465 e. The molecule has 2 atom stereocenters. The van der Waals surface area contributed by atoms with E-state index < -0.39 is 16.6 Å². The second-order valence-corrected chi connectivity index (χ2v) is 22.4. The smallest absolute Gasteiger partial charge is 0.312 e. The van der Waals surface area contributed by atoms with E-state index in [1.54, 1.807) is 0 Å². The van der Waals surface area contributed by atoms with E-state index in [0.29, 0.717) is 68.7 Å². The third kappa shape index (κ3) is 5.55. The van der Waals surface area contributed by atoms with Gasteiger partial charge < -0.3 is 18.9 Å². The van der Waals surface area contributed by atoms with Crippen molar-refractivity contribution in [3.8, 4) is 0 Å². The zero-order chi connectivity index (χ0) is 35.0. The molecule has 12 aliphatic carbocycles. The Labute approximate surface area is 305 Å². The van der Waals surface area contributed by atoms with Gasteiger partial charge in [0.15, 0.2) is 5.79 Å². The first-order chi connectivity index (χ1) is 24.3. The average Bonchev–Trinajstić information content (AvgIpc) is 3.06. The SMILES string of the molecule is CC(C)(C)C(=O)OCC12CC3CC(C1)C1(OCC(CCC(=O)C45CC6CC(CC(C6)C4)C5)(COC(=O)C45CC6CC(CC(C6)C4)C5)CO1)C(C3)C2. The first-order valence-electron chi connectivity index (χ1n) is 21.4. The van der Waals surface area contributed by atoms with Crippen LogP contribution in [0.2, 0.25) is 0 Å². The maximum atomic E-state index is 14.3. The van der Waals surface area contributed by atoms with Gasteiger partial charge in [-0.2, -0.15) is 0 Å². The van der Waals surface area contributed by atoms with Crippen LogP contribution in [-0.4, -0.2) is 49.9 Å². The monoisotopic (exact) mass is 704 g/mol. The van der Waals surface area contributed by atoms with E-state index >= 15 is 0 Å². The van der Waals surface area contributed by atoms with Gasteiger partial charge in [0, 0.05) is 29.1 Å².